The standard InChI is InChI=1S/C11H19N3O/c1-5-9-13-10(6-11(15)14-9)12-8(4)7(2)3/h6-8H,5H2,1-4H3,(H2,12,13,14,15). The molecule has 1 aromatic heterocycles. The summed E-state index contributed by atoms with van der Waals surface area (Å²) in [7, 11) is 0. The highest BCUT2D eigenvalue weighted by molar-refractivity contribution is 5.34. The van der Waals surface area contributed by atoms with Crippen molar-refractivity contribution in [2.24, 2.45) is 5.92 Å². The van der Waals surface area contributed by atoms with E-state index in [-0.39, 0.29) is 5.56 Å². The van der Waals surface area contributed by atoms with Crippen LogP contribution in [0, 0.1) is 5.92 Å². The molecule has 2 N–H and O–H groups in total. The van der Waals surface area contributed by atoms with Crippen LogP contribution in [0.25, 0.3) is 0 Å². The summed E-state index contributed by atoms with van der Waals surface area (Å²) in [5, 5.41) is 3.23. The second-order valence-electron chi connectivity index (χ2n) is 4.11. The Morgan fingerprint density at radius 3 is 2.67 bits per heavy atom. The Morgan fingerprint density at radius 2 is 2.13 bits per heavy atom. The van der Waals surface area contributed by atoms with Gasteiger partial charge in [0.2, 0.25) is 0 Å². The number of nitrogens with zero attached hydrogens (tertiary/aromatic N) is 1. The highest BCUT2D eigenvalue weighted by atomic mass is 16.1. The molecule has 0 amide bonds. The summed E-state index contributed by atoms with van der Waals surface area (Å²) in [5.41, 5.74) is -0.0969. The first-order chi connectivity index (χ1) is 7.02. The zero-order valence-electron chi connectivity index (χ0n) is 9.79. The van der Waals surface area contributed by atoms with Crippen molar-refractivity contribution in [3.8, 4) is 0 Å². The van der Waals surface area contributed by atoms with Gasteiger partial charge in [-0.05, 0) is 12.8 Å². The van der Waals surface area contributed by atoms with Gasteiger partial charge in [0, 0.05) is 18.5 Å². The van der Waals surface area contributed by atoms with Gasteiger partial charge in [0.25, 0.3) is 5.56 Å². The van der Waals surface area contributed by atoms with Gasteiger partial charge in [-0.25, -0.2) is 4.98 Å². The second-order valence-corrected chi connectivity index (χ2v) is 4.11. The van der Waals surface area contributed by atoms with Crippen molar-refractivity contribution in [1.82, 2.24) is 9.97 Å². The SMILES string of the molecule is CCc1nc(NC(C)C(C)C)cc(=O)[nH]1. The van der Waals surface area contributed by atoms with Gasteiger partial charge in [-0.3, -0.25) is 4.79 Å². The van der Waals surface area contributed by atoms with Crippen molar-refractivity contribution < 1.29 is 0 Å². The molecule has 0 radical (unpaired) electrons. The number of rotatable bonds is 4. The fourth-order valence-electron chi connectivity index (χ4n) is 1.15. The van der Waals surface area contributed by atoms with E-state index in [1.54, 1.807) is 0 Å². The van der Waals surface area contributed by atoms with Crippen LogP contribution in [0.15, 0.2) is 10.9 Å². The van der Waals surface area contributed by atoms with Gasteiger partial charge in [0.1, 0.15) is 11.6 Å². The third kappa shape index (κ3) is 3.38. The maximum atomic E-state index is 11.3. The van der Waals surface area contributed by atoms with Crippen molar-refractivity contribution in [2.75, 3.05) is 5.32 Å². The topological polar surface area (TPSA) is 57.8 Å². The third-order valence-corrected chi connectivity index (χ3v) is 2.50. The van der Waals surface area contributed by atoms with Crippen LogP contribution in [0.1, 0.15) is 33.5 Å². The van der Waals surface area contributed by atoms with Crippen LogP contribution >= 0.6 is 0 Å². The summed E-state index contributed by atoms with van der Waals surface area (Å²) in [6.07, 6.45) is 0.737. The zero-order chi connectivity index (χ0) is 11.4. The van der Waals surface area contributed by atoms with Crippen molar-refractivity contribution in [2.45, 2.75) is 40.2 Å². The molecule has 1 atom stereocenters. The van der Waals surface area contributed by atoms with Gasteiger partial charge in [-0.1, -0.05) is 20.8 Å². The molecule has 0 saturated heterocycles. The minimum atomic E-state index is -0.0969. The van der Waals surface area contributed by atoms with Crippen LogP contribution < -0.4 is 10.9 Å². The van der Waals surface area contributed by atoms with Gasteiger partial charge in [0.15, 0.2) is 0 Å². The van der Waals surface area contributed by atoms with Crippen LogP contribution in [-0.2, 0) is 6.42 Å². The molecule has 15 heavy (non-hydrogen) atoms. The molecule has 0 aromatic carbocycles. The Bertz CT molecular complexity index is 370. The first-order valence-corrected chi connectivity index (χ1v) is 5.39. The molecule has 1 heterocycles. The van der Waals surface area contributed by atoms with E-state index in [1.165, 1.54) is 6.07 Å². The number of hydrogen-bond acceptors (Lipinski definition) is 3. The summed E-state index contributed by atoms with van der Waals surface area (Å²) >= 11 is 0. The molecule has 0 aliphatic rings. The van der Waals surface area contributed by atoms with Crippen LogP contribution in [0.3, 0.4) is 0 Å². The third-order valence-electron chi connectivity index (χ3n) is 2.50. The van der Waals surface area contributed by atoms with E-state index in [4.69, 9.17) is 0 Å². The maximum Gasteiger partial charge on any atom is 0.252 e. The lowest BCUT2D eigenvalue weighted by atomic mass is 10.1. The zero-order valence-corrected chi connectivity index (χ0v) is 9.79. The van der Waals surface area contributed by atoms with Crippen LogP contribution in [-0.4, -0.2) is 16.0 Å². The van der Waals surface area contributed by atoms with E-state index in [1.807, 2.05) is 6.92 Å². The van der Waals surface area contributed by atoms with Gasteiger partial charge >= 0.3 is 0 Å². The van der Waals surface area contributed by atoms with Crippen molar-refractivity contribution in [3.63, 3.8) is 0 Å². The summed E-state index contributed by atoms with van der Waals surface area (Å²) in [4.78, 5) is 18.3. The summed E-state index contributed by atoms with van der Waals surface area (Å²) in [5.74, 6) is 1.90. The van der Waals surface area contributed by atoms with Crippen LogP contribution in [0.2, 0.25) is 0 Å². The van der Waals surface area contributed by atoms with Gasteiger partial charge in [-0.2, -0.15) is 0 Å². The highest BCUT2D eigenvalue weighted by Crippen LogP contribution is 2.08. The quantitative estimate of drug-likeness (QED) is 0.794. The van der Waals surface area contributed by atoms with Gasteiger partial charge < -0.3 is 10.3 Å². The Hall–Kier alpha value is -1.32. The smallest absolute Gasteiger partial charge is 0.252 e. The monoisotopic (exact) mass is 209 g/mol. The van der Waals surface area contributed by atoms with Crippen molar-refractivity contribution in [1.29, 1.82) is 0 Å². The Labute approximate surface area is 90.1 Å². The highest BCUT2D eigenvalue weighted by Gasteiger charge is 2.08. The number of hydrogen-bond donors (Lipinski definition) is 2. The molecule has 0 aliphatic carbocycles. The van der Waals surface area contributed by atoms with E-state index < -0.39 is 0 Å². The Balaban J connectivity index is 2.85. The van der Waals surface area contributed by atoms with Gasteiger partial charge in [0.05, 0.1) is 0 Å². The van der Waals surface area contributed by atoms with Crippen molar-refractivity contribution >= 4 is 5.82 Å². The second kappa shape index (κ2) is 4.96. The average Bonchev–Trinajstić information content (AvgIpc) is 2.16. The molecule has 4 heteroatoms. The minimum Gasteiger partial charge on any atom is -0.367 e. The average molecular weight is 209 g/mol. The molecule has 1 rings (SSSR count). The lowest BCUT2D eigenvalue weighted by Crippen LogP contribution is -2.24. The number of anilines is 1. The molecular formula is C11H19N3O. The van der Waals surface area contributed by atoms with Crippen molar-refractivity contribution in [3.05, 3.63) is 22.2 Å². The number of aromatic amines is 1. The molecule has 0 spiro atoms. The summed E-state index contributed by atoms with van der Waals surface area (Å²) < 4.78 is 0. The molecular weight excluding hydrogens is 190 g/mol. The maximum absolute atomic E-state index is 11.3. The number of aromatic nitrogens is 2. The summed E-state index contributed by atoms with van der Waals surface area (Å²) in [6, 6.07) is 1.81. The normalized spacial score (nSPS) is 12.9. The molecule has 1 unspecified atom stereocenters. The number of aryl methyl sites for hydroxylation is 1. The lowest BCUT2D eigenvalue weighted by molar-refractivity contribution is 0.557. The fourth-order valence-corrected chi connectivity index (χ4v) is 1.15. The Kier molecular flexibility index (Phi) is 3.88. The first kappa shape index (κ1) is 11.8. The molecule has 1 aromatic rings. The predicted octanol–water partition coefficient (Wildman–Crippen LogP) is 1.79. The van der Waals surface area contributed by atoms with Crippen LogP contribution in [0.4, 0.5) is 5.82 Å². The molecule has 0 saturated carbocycles. The number of nitrogens with one attached hydrogen (secondary N) is 2. The van der Waals surface area contributed by atoms with E-state index in [0.717, 1.165) is 12.2 Å². The molecule has 4 nitrogen and oxygen atoms in total. The predicted molar refractivity (Wildman–Crippen MR) is 62.2 cm³/mol. The largest absolute Gasteiger partial charge is 0.367 e. The van der Waals surface area contributed by atoms with E-state index in [0.29, 0.717) is 17.8 Å². The van der Waals surface area contributed by atoms with Crippen LogP contribution in [0.5, 0.6) is 0 Å². The van der Waals surface area contributed by atoms with E-state index in [2.05, 4.69) is 36.1 Å². The minimum absolute atomic E-state index is 0.0969. The Morgan fingerprint density at radius 1 is 1.47 bits per heavy atom. The molecule has 0 fully saturated rings. The molecule has 0 bridgehead atoms. The first-order valence-electron chi connectivity index (χ1n) is 5.39. The van der Waals surface area contributed by atoms with E-state index >= 15 is 0 Å². The summed E-state index contributed by atoms with van der Waals surface area (Å²) in [6.45, 7) is 8.31. The van der Waals surface area contributed by atoms with Gasteiger partial charge in [-0.15, -0.1) is 0 Å². The molecule has 0 aliphatic heterocycles. The fraction of sp³-hybridized carbons (Fsp3) is 0.636. The molecule has 84 valence electrons. The van der Waals surface area contributed by atoms with E-state index in [9.17, 15) is 4.79 Å². The number of H-pyrrole nitrogens is 1. The lowest BCUT2D eigenvalue weighted by Gasteiger charge is -2.17.